The summed E-state index contributed by atoms with van der Waals surface area (Å²) >= 11 is 7.34. The van der Waals surface area contributed by atoms with Gasteiger partial charge in [-0.1, -0.05) is 23.7 Å². The highest BCUT2D eigenvalue weighted by atomic mass is 35.5. The largest absolute Gasteiger partial charge is 0.496 e. The fourth-order valence-corrected chi connectivity index (χ4v) is 5.29. The van der Waals surface area contributed by atoms with E-state index in [4.69, 9.17) is 16.3 Å². The number of amides is 1. The maximum absolute atomic E-state index is 12.6. The molecule has 5 nitrogen and oxygen atoms in total. The molecule has 0 aromatic heterocycles. The monoisotopic (exact) mass is 467 g/mol. The molecule has 0 radical (unpaired) electrons. The lowest BCUT2D eigenvalue weighted by Gasteiger charge is -2.43. The van der Waals surface area contributed by atoms with Crippen molar-refractivity contribution >= 4 is 57.5 Å². The van der Waals surface area contributed by atoms with E-state index >= 15 is 0 Å². The molecule has 0 aliphatic carbocycles. The van der Waals surface area contributed by atoms with Crippen molar-refractivity contribution in [1.82, 2.24) is 5.32 Å². The number of rotatable bonds is 4. The van der Waals surface area contributed by atoms with E-state index in [-0.39, 0.29) is 11.4 Å². The molecule has 2 aromatic carbocycles. The third-order valence-corrected chi connectivity index (χ3v) is 6.77. The van der Waals surface area contributed by atoms with Gasteiger partial charge in [0.1, 0.15) is 5.75 Å². The van der Waals surface area contributed by atoms with Gasteiger partial charge < -0.3 is 15.0 Å². The molecule has 1 N–H and O–H groups in total. The van der Waals surface area contributed by atoms with E-state index in [9.17, 15) is 4.79 Å². The van der Waals surface area contributed by atoms with Crippen LogP contribution in [0.2, 0.25) is 5.02 Å². The average molecular weight is 468 g/mol. The summed E-state index contributed by atoms with van der Waals surface area (Å²) in [5, 5.41) is 3.95. The number of nitrogens with one attached hydrogen (secondary N) is 1. The number of likely N-dealkylation sites (N-methyl/N-ethyl adjacent to an activating group) is 1. The zero-order valence-corrected chi connectivity index (χ0v) is 20.4. The fraction of sp³-hybridized carbons (Fsp3) is 0.280. The normalized spacial score (nSPS) is 19.8. The third-order valence-electron chi connectivity index (χ3n) is 5.62. The van der Waals surface area contributed by atoms with Crippen molar-refractivity contribution < 1.29 is 9.53 Å². The number of methoxy groups -OCH3 is 1. The number of hydrogen-bond donors (Lipinski definition) is 1. The molecule has 0 spiro atoms. The van der Waals surface area contributed by atoms with Crippen molar-refractivity contribution in [3.63, 3.8) is 0 Å². The van der Waals surface area contributed by atoms with Crippen LogP contribution in [0.5, 0.6) is 5.75 Å². The summed E-state index contributed by atoms with van der Waals surface area (Å²) in [6.45, 7) is 9.60. The molecule has 2 aliphatic heterocycles. The summed E-state index contributed by atoms with van der Waals surface area (Å²) in [5.41, 5.74) is 4.97. The number of amidine groups is 1. The number of fused-ring (bicyclic) bond motifs is 1. The van der Waals surface area contributed by atoms with Gasteiger partial charge in [0, 0.05) is 34.4 Å². The van der Waals surface area contributed by atoms with Crippen molar-refractivity contribution in [3.8, 4) is 5.75 Å². The Morgan fingerprint density at radius 2 is 2.06 bits per heavy atom. The lowest BCUT2D eigenvalue weighted by Crippen LogP contribution is -2.44. The van der Waals surface area contributed by atoms with Gasteiger partial charge >= 0.3 is 0 Å². The summed E-state index contributed by atoms with van der Waals surface area (Å²) < 4.78 is 5.71. The van der Waals surface area contributed by atoms with Crippen LogP contribution >= 0.6 is 23.4 Å². The topological polar surface area (TPSA) is 53.9 Å². The molecule has 7 heteroatoms. The van der Waals surface area contributed by atoms with Crippen LogP contribution in [0.15, 0.2) is 52.4 Å². The number of carbonyl (C=O) groups excluding carboxylic acids is 1. The first-order valence-corrected chi connectivity index (χ1v) is 11.7. The Labute approximate surface area is 198 Å². The molecule has 0 atom stereocenters. The van der Waals surface area contributed by atoms with Crippen molar-refractivity contribution in [3.05, 3.63) is 63.5 Å². The van der Waals surface area contributed by atoms with Gasteiger partial charge in [0.2, 0.25) is 0 Å². The van der Waals surface area contributed by atoms with Gasteiger partial charge in [0.25, 0.3) is 5.91 Å². The smallest absolute Gasteiger partial charge is 0.264 e. The first-order valence-electron chi connectivity index (χ1n) is 10.5. The van der Waals surface area contributed by atoms with E-state index in [0.717, 1.165) is 29.1 Å². The number of nitrogens with zero attached hydrogens (tertiary/aromatic N) is 2. The van der Waals surface area contributed by atoms with Crippen LogP contribution in [0.25, 0.3) is 11.6 Å². The predicted molar refractivity (Wildman–Crippen MR) is 136 cm³/mol. The second-order valence-electron chi connectivity index (χ2n) is 8.30. The average Bonchev–Trinajstić information content (AvgIpc) is 3.06. The molecule has 0 saturated carbocycles. The number of anilines is 1. The maximum Gasteiger partial charge on any atom is 0.264 e. The summed E-state index contributed by atoms with van der Waals surface area (Å²) in [4.78, 5) is 20.0. The highest BCUT2D eigenvalue weighted by molar-refractivity contribution is 8.18. The second-order valence-corrected chi connectivity index (χ2v) is 9.77. The van der Waals surface area contributed by atoms with Crippen LogP contribution in [0.3, 0.4) is 0 Å². The highest BCUT2D eigenvalue weighted by Crippen LogP contribution is 2.43. The second kappa shape index (κ2) is 8.68. The van der Waals surface area contributed by atoms with E-state index in [0.29, 0.717) is 20.8 Å². The maximum atomic E-state index is 12.6. The molecule has 1 fully saturated rings. The molecular formula is C25H26ClN3O2S. The van der Waals surface area contributed by atoms with Gasteiger partial charge in [-0.05, 0) is 75.4 Å². The standard InChI is InChI=1S/C25H26ClN3O2S/c1-6-29-20-13-21(31-5)16(10-19(20)15(2)14-25(29,3)4)11-22-23(30)28-24(32-22)27-18-9-7-8-17(26)12-18/h7-14H,6H2,1-5H3,(H,27,28,30)/b22-11+. The van der Waals surface area contributed by atoms with Crippen LogP contribution < -0.4 is 15.0 Å². The van der Waals surface area contributed by atoms with Crippen molar-refractivity contribution in [2.45, 2.75) is 33.2 Å². The van der Waals surface area contributed by atoms with E-state index in [1.54, 1.807) is 19.2 Å². The highest BCUT2D eigenvalue weighted by Gasteiger charge is 2.31. The molecule has 1 saturated heterocycles. The SMILES string of the molecule is CCN1c2cc(OC)c(/C=C3/SC(=Nc4cccc(Cl)c4)NC3=O)cc2C(C)=CC1(C)C. The predicted octanol–water partition coefficient (Wildman–Crippen LogP) is 6.26. The molecule has 2 aliphatic rings. The molecule has 0 unspecified atom stereocenters. The van der Waals surface area contributed by atoms with Crippen LogP contribution in [-0.2, 0) is 4.79 Å². The van der Waals surface area contributed by atoms with Crippen LogP contribution in [0.1, 0.15) is 38.8 Å². The summed E-state index contributed by atoms with van der Waals surface area (Å²) in [6.07, 6.45) is 4.15. The van der Waals surface area contributed by atoms with Gasteiger partial charge in [-0.25, -0.2) is 4.99 Å². The number of carbonyl (C=O) groups is 1. The lowest BCUT2D eigenvalue weighted by atomic mass is 9.87. The Bertz CT molecular complexity index is 1180. The minimum absolute atomic E-state index is 0.0796. The lowest BCUT2D eigenvalue weighted by molar-refractivity contribution is -0.115. The summed E-state index contributed by atoms with van der Waals surface area (Å²) in [6, 6.07) is 11.4. The van der Waals surface area contributed by atoms with Crippen molar-refractivity contribution in [1.29, 1.82) is 0 Å². The Morgan fingerprint density at radius 1 is 1.28 bits per heavy atom. The number of benzene rings is 2. The molecule has 166 valence electrons. The van der Waals surface area contributed by atoms with Crippen LogP contribution in [0.4, 0.5) is 11.4 Å². The fourth-order valence-electron chi connectivity index (χ4n) is 4.27. The first-order chi connectivity index (χ1) is 15.2. The van der Waals surface area contributed by atoms with E-state index in [2.05, 4.69) is 61.1 Å². The molecule has 4 rings (SSSR count). The third kappa shape index (κ3) is 4.30. The van der Waals surface area contributed by atoms with Crippen molar-refractivity contribution in [2.24, 2.45) is 4.99 Å². The van der Waals surface area contributed by atoms with Crippen molar-refractivity contribution in [2.75, 3.05) is 18.6 Å². The van der Waals surface area contributed by atoms with E-state index < -0.39 is 0 Å². The summed E-state index contributed by atoms with van der Waals surface area (Å²) in [5.74, 6) is 0.549. The molecule has 2 aromatic rings. The quantitative estimate of drug-likeness (QED) is 0.539. The number of thioether (sulfide) groups is 1. The molecular weight excluding hydrogens is 442 g/mol. The van der Waals surface area contributed by atoms with Gasteiger partial charge in [-0.15, -0.1) is 0 Å². The number of ether oxygens (including phenoxy) is 1. The Hall–Kier alpha value is -2.70. The number of halogens is 1. The molecule has 32 heavy (non-hydrogen) atoms. The van der Waals surface area contributed by atoms with E-state index in [1.165, 1.54) is 17.3 Å². The zero-order chi connectivity index (χ0) is 23.0. The number of allylic oxidation sites excluding steroid dienone is 1. The van der Waals surface area contributed by atoms with Crippen LogP contribution in [0, 0.1) is 0 Å². The minimum Gasteiger partial charge on any atom is -0.496 e. The molecule has 0 bridgehead atoms. The minimum atomic E-state index is -0.181. The Balaban J connectivity index is 1.72. The molecule has 1 amide bonds. The number of aliphatic imine (C=N–C) groups is 1. The Morgan fingerprint density at radius 3 is 2.75 bits per heavy atom. The van der Waals surface area contributed by atoms with Gasteiger partial charge in [-0.2, -0.15) is 0 Å². The van der Waals surface area contributed by atoms with Gasteiger partial charge in [-0.3, -0.25) is 4.79 Å². The zero-order valence-electron chi connectivity index (χ0n) is 18.8. The Kier molecular flexibility index (Phi) is 6.10. The number of hydrogen-bond acceptors (Lipinski definition) is 5. The first kappa shape index (κ1) is 22.5. The van der Waals surface area contributed by atoms with E-state index in [1.807, 2.05) is 18.2 Å². The van der Waals surface area contributed by atoms with Gasteiger partial charge in [0.15, 0.2) is 5.17 Å². The van der Waals surface area contributed by atoms with Gasteiger partial charge in [0.05, 0.1) is 23.2 Å². The summed E-state index contributed by atoms with van der Waals surface area (Å²) in [7, 11) is 1.66. The van der Waals surface area contributed by atoms with Crippen LogP contribution in [-0.4, -0.2) is 30.3 Å². The molecule has 2 heterocycles.